The summed E-state index contributed by atoms with van der Waals surface area (Å²) in [6, 6.07) is 0. The number of halogens is 1. The van der Waals surface area contributed by atoms with Gasteiger partial charge in [-0.05, 0) is 11.8 Å². The van der Waals surface area contributed by atoms with Crippen molar-refractivity contribution < 1.29 is 4.79 Å². The van der Waals surface area contributed by atoms with Crippen LogP contribution < -0.4 is 0 Å². The summed E-state index contributed by atoms with van der Waals surface area (Å²) >= 11 is 5.50. The van der Waals surface area contributed by atoms with Gasteiger partial charge < -0.3 is 4.90 Å². The maximum absolute atomic E-state index is 11.3. The molecule has 1 aliphatic heterocycles. The summed E-state index contributed by atoms with van der Waals surface area (Å²) in [4.78, 5) is 13.1. The van der Waals surface area contributed by atoms with E-state index in [4.69, 9.17) is 11.6 Å². The van der Waals surface area contributed by atoms with Crippen LogP contribution in [0.4, 0.5) is 0 Å². The van der Waals surface area contributed by atoms with Crippen LogP contribution in [0.2, 0.25) is 0 Å². The maximum atomic E-state index is 11.3. The third-order valence-corrected chi connectivity index (χ3v) is 2.87. The Morgan fingerprint density at radius 2 is 2.21 bits per heavy atom. The molecule has 0 radical (unpaired) electrons. The van der Waals surface area contributed by atoms with Gasteiger partial charge in [-0.3, -0.25) is 4.79 Å². The van der Waals surface area contributed by atoms with Crippen LogP contribution in [0, 0.1) is 5.41 Å². The number of nitrogens with zero attached hydrogens (tertiary/aromatic N) is 1. The lowest BCUT2D eigenvalue weighted by Gasteiger charge is -2.31. The van der Waals surface area contributed by atoms with Gasteiger partial charge in [-0.1, -0.05) is 32.4 Å². The molecule has 0 N–H and O–H groups in total. The molecule has 1 rings (SSSR count). The first-order chi connectivity index (χ1) is 6.45. The summed E-state index contributed by atoms with van der Waals surface area (Å²) < 4.78 is 0. The molecule has 0 saturated carbocycles. The van der Waals surface area contributed by atoms with E-state index in [2.05, 4.69) is 26.8 Å². The quantitative estimate of drug-likeness (QED) is 0.486. The molecule has 0 saturated heterocycles. The Hall–Kier alpha value is -0.500. The first kappa shape index (κ1) is 11.6. The van der Waals surface area contributed by atoms with E-state index in [9.17, 15) is 4.79 Å². The van der Waals surface area contributed by atoms with Crippen molar-refractivity contribution in [1.29, 1.82) is 0 Å². The van der Waals surface area contributed by atoms with Crippen LogP contribution in [0.3, 0.4) is 0 Å². The van der Waals surface area contributed by atoms with Crippen molar-refractivity contribution in [2.45, 2.75) is 27.2 Å². The fourth-order valence-corrected chi connectivity index (χ4v) is 1.83. The zero-order valence-corrected chi connectivity index (χ0v) is 9.90. The van der Waals surface area contributed by atoms with Crippen LogP contribution in [-0.2, 0) is 4.79 Å². The number of carbonyl (C=O) groups excluding carboxylic acids is 1. The third-order valence-electron chi connectivity index (χ3n) is 2.64. The van der Waals surface area contributed by atoms with Crippen molar-refractivity contribution in [3.05, 3.63) is 11.6 Å². The number of amides is 1. The average molecular weight is 216 g/mol. The molecule has 0 aromatic carbocycles. The fourth-order valence-electron chi connectivity index (χ4n) is 1.66. The molecule has 0 spiro atoms. The zero-order valence-electron chi connectivity index (χ0n) is 9.14. The van der Waals surface area contributed by atoms with Gasteiger partial charge in [-0.25, -0.2) is 0 Å². The van der Waals surface area contributed by atoms with Crippen molar-refractivity contribution in [2.75, 3.05) is 19.0 Å². The number of hydrogen-bond donors (Lipinski definition) is 0. The first-order valence-electron chi connectivity index (χ1n) is 4.98. The fraction of sp³-hybridized carbons (Fsp3) is 0.727. The number of alkyl halides is 1. The Labute approximate surface area is 90.9 Å². The molecule has 0 aliphatic carbocycles. The predicted octanol–water partition coefficient (Wildman–Crippen LogP) is 2.43. The monoisotopic (exact) mass is 215 g/mol. The zero-order chi connectivity index (χ0) is 10.8. The van der Waals surface area contributed by atoms with Gasteiger partial charge in [0, 0.05) is 13.1 Å². The van der Waals surface area contributed by atoms with Crippen LogP contribution in [0.5, 0.6) is 0 Å². The second-order valence-electron chi connectivity index (χ2n) is 4.70. The summed E-state index contributed by atoms with van der Waals surface area (Å²) in [5.74, 6) is 0.134. The van der Waals surface area contributed by atoms with Crippen molar-refractivity contribution in [3.63, 3.8) is 0 Å². The topological polar surface area (TPSA) is 20.3 Å². The van der Waals surface area contributed by atoms with Gasteiger partial charge in [0.1, 0.15) is 5.88 Å². The maximum Gasteiger partial charge on any atom is 0.237 e. The molecule has 0 fully saturated rings. The number of hydrogen-bond acceptors (Lipinski definition) is 1. The highest BCUT2D eigenvalue weighted by atomic mass is 35.5. The van der Waals surface area contributed by atoms with Gasteiger partial charge in [-0.15, -0.1) is 11.6 Å². The Bertz CT molecular complexity index is 253. The van der Waals surface area contributed by atoms with Crippen molar-refractivity contribution in [2.24, 2.45) is 5.41 Å². The van der Waals surface area contributed by atoms with E-state index < -0.39 is 0 Å². The summed E-state index contributed by atoms with van der Waals surface area (Å²) in [5.41, 5.74) is 1.67. The van der Waals surface area contributed by atoms with Gasteiger partial charge in [0.2, 0.25) is 5.91 Å². The van der Waals surface area contributed by atoms with E-state index in [1.165, 1.54) is 5.57 Å². The summed E-state index contributed by atoms with van der Waals surface area (Å²) in [7, 11) is 0. The van der Waals surface area contributed by atoms with E-state index in [1.54, 1.807) is 0 Å². The second-order valence-corrected chi connectivity index (χ2v) is 4.97. The molecule has 0 bridgehead atoms. The molecule has 0 aromatic rings. The van der Waals surface area contributed by atoms with Gasteiger partial charge in [0.25, 0.3) is 0 Å². The molecule has 1 amide bonds. The smallest absolute Gasteiger partial charge is 0.237 e. The predicted molar refractivity (Wildman–Crippen MR) is 59.5 cm³/mol. The van der Waals surface area contributed by atoms with E-state index in [-0.39, 0.29) is 17.2 Å². The minimum Gasteiger partial charge on any atom is -0.338 e. The van der Waals surface area contributed by atoms with Crippen LogP contribution >= 0.6 is 11.6 Å². The molecule has 0 aromatic heterocycles. The summed E-state index contributed by atoms with van der Waals surface area (Å²) in [6.45, 7) is 8.15. The highest BCUT2D eigenvalue weighted by Gasteiger charge is 2.22. The SMILES string of the molecule is CC(C)(C)C1=CCN(C(=O)CCl)CC1. The highest BCUT2D eigenvalue weighted by Crippen LogP contribution is 2.29. The van der Waals surface area contributed by atoms with Gasteiger partial charge in [0.05, 0.1) is 0 Å². The van der Waals surface area contributed by atoms with Crippen molar-refractivity contribution in [1.82, 2.24) is 4.90 Å². The van der Waals surface area contributed by atoms with Gasteiger partial charge >= 0.3 is 0 Å². The Morgan fingerprint density at radius 3 is 2.57 bits per heavy atom. The molecular weight excluding hydrogens is 198 g/mol. The molecule has 2 nitrogen and oxygen atoms in total. The minimum atomic E-state index is 0.0378. The molecule has 3 heteroatoms. The number of rotatable bonds is 1. The molecule has 0 unspecified atom stereocenters. The average Bonchev–Trinajstić information content (AvgIpc) is 2.15. The van der Waals surface area contributed by atoms with Crippen LogP contribution in [0.1, 0.15) is 27.2 Å². The third kappa shape index (κ3) is 2.74. The van der Waals surface area contributed by atoms with Gasteiger partial charge in [-0.2, -0.15) is 0 Å². The number of carbonyl (C=O) groups is 1. The van der Waals surface area contributed by atoms with Crippen LogP contribution in [0.15, 0.2) is 11.6 Å². The Morgan fingerprint density at radius 1 is 1.57 bits per heavy atom. The minimum absolute atomic E-state index is 0.0378. The summed E-state index contributed by atoms with van der Waals surface area (Å²) in [6.07, 6.45) is 3.14. The lowest BCUT2D eigenvalue weighted by atomic mass is 9.83. The second kappa shape index (κ2) is 4.35. The lowest BCUT2D eigenvalue weighted by molar-refractivity contribution is -0.128. The molecule has 0 atom stereocenters. The lowest BCUT2D eigenvalue weighted by Crippen LogP contribution is -2.37. The van der Waals surface area contributed by atoms with E-state index in [1.807, 2.05) is 4.90 Å². The van der Waals surface area contributed by atoms with Crippen LogP contribution in [-0.4, -0.2) is 29.8 Å². The van der Waals surface area contributed by atoms with E-state index in [0.717, 1.165) is 19.5 Å². The molecule has 1 aliphatic rings. The normalized spacial score (nSPS) is 18.0. The van der Waals surface area contributed by atoms with Gasteiger partial charge in [0.15, 0.2) is 0 Å². The summed E-state index contributed by atoms with van der Waals surface area (Å²) in [5, 5.41) is 0. The van der Waals surface area contributed by atoms with E-state index in [0.29, 0.717) is 0 Å². The molecular formula is C11H18ClNO. The first-order valence-corrected chi connectivity index (χ1v) is 5.52. The molecule has 14 heavy (non-hydrogen) atoms. The standard InChI is InChI=1S/C11H18ClNO/c1-11(2,3)9-4-6-13(7-5-9)10(14)8-12/h4H,5-8H2,1-3H3. The Kier molecular flexibility index (Phi) is 3.59. The van der Waals surface area contributed by atoms with Crippen molar-refractivity contribution >= 4 is 17.5 Å². The van der Waals surface area contributed by atoms with Crippen LogP contribution in [0.25, 0.3) is 0 Å². The highest BCUT2D eigenvalue weighted by molar-refractivity contribution is 6.27. The van der Waals surface area contributed by atoms with E-state index >= 15 is 0 Å². The molecule has 80 valence electrons. The van der Waals surface area contributed by atoms with Crippen molar-refractivity contribution in [3.8, 4) is 0 Å². The Balaban J connectivity index is 2.60. The molecule has 1 heterocycles. The largest absolute Gasteiger partial charge is 0.338 e.